The fourth-order valence-electron chi connectivity index (χ4n) is 4.95. The van der Waals surface area contributed by atoms with E-state index in [1.807, 2.05) is 18.2 Å². The predicted molar refractivity (Wildman–Crippen MR) is 137 cm³/mol. The van der Waals surface area contributed by atoms with Crippen molar-refractivity contribution in [3.63, 3.8) is 0 Å². The zero-order chi connectivity index (χ0) is 24.3. The highest BCUT2D eigenvalue weighted by atomic mass is 16.5. The zero-order valence-electron chi connectivity index (χ0n) is 20.7. The van der Waals surface area contributed by atoms with Crippen molar-refractivity contribution in [2.24, 2.45) is 5.41 Å². The van der Waals surface area contributed by atoms with E-state index in [2.05, 4.69) is 49.1 Å². The first-order valence-corrected chi connectivity index (χ1v) is 12.0. The molecule has 4 rings (SSSR count). The van der Waals surface area contributed by atoms with Gasteiger partial charge < -0.3 is 14.6 Å². The molecule has 0 amide bonds. The Balaban J connectivity index is 1.73. The number of ether oxygens (including phenoxy) is 2. The Morgan fingerprint density at radius 3 is 2.21 bits per heavy atom. The second-order valence-electron chi connectivity index (χ2n) is 10.0. The number of likely N-dealkylation sites (tertiary alicyclic amines) is 1. The van der Waals surface area contributed by atoms with Gasteiger partial charge in [0.2, 0.25) is 0 Å². The normalized spacial score (nSPS) is 15.9. The Labute approximate surface area is 202 Å². The van der Waals surface area contributed by atoms with Crippen molar-refractivity contribution in [2.75, 3.05) is 27.3 Å². The number of methoxy groups -OCH3 is 2. The summed E-state index contributed by atoms with van der Waals surface area (Å²) >= 11 is 0. The molecule has 0 aliphatic carbocycles. The summed E-state index contributed by atoms with van der Waals surface area (Å²) < 4.78 is 11.8. The highest BCUT2D eigenvalue weighted by Crippen LogP contribution is 2.43. The van der Waals surface area contributed by atoms with Crippen molar-refractivity contribution < 1.29 is 19.4 Å². The third-order valence-corrected chi connectivity index (χ3v) is 7.07. The number of fused-ring (bicyclic) bond motifs is 1. The van der Waals surface area contributed by atoms with E-state index in [0.29, 0.717) is 11.8 Å². The molecule has 1 aliphatic rings. The predicted octanol–water partition coefficient (Wildman–Crippen LogP) is 6.16. The molecular formula is C29H35NO4. The summed E-state index contributed by atoms with van der Waals surface area (Å²) in [6.45, 7) is 7.77. The first-order chi connectivity index (χ1) is 16.3. The maximum Gasteiger partial charge on any atom is 0.303 e. The van der Waals surface area contributed by atoms with Crippen LogP contribution in [0.4, 0.5) is 0 Å². The number of aliphatic carboxylic acids is 1. The number of benzene rings is 3. The largest absolute Gasteiger partial charge is 0.496 e. The maximum atomic E-state index is 11.1. The number of hydrogen-bond acceptors (Lipinski definition) is 4. The number of piperidine rings is 1. The molecule has 1 heterocycles. The van der Waals surface area contributed by atoms with Gasteiger partial charge in [0.05, 0.1) is 19.8 Å². The average molecular weight is 462 g/mol. The molecule has 1 saturated heterocycles. The fourth-order valence-corrected chi connectivity index (χ4v) is 4.95. The smallest absolute Gasteiger partial charge is 0.303 e. The Hall–Kier alpha value is -3.05. The molecule has 3 aromatic rings. The molecule has 0 unspecified atom stereocenters. The lowest BCUT2D eigenvalue weighted by molar-refractivity contribution is -0.136. The molecule has 0 bridgehead atoms. The van der Waals surface area contributed by atoms with Gasteiger partial charge in [-0.05, 0) is 77.4 Å². The fraction of sp³-hybridized carbons (Fsp3) is 0.414. The lowest BCUT2D eigenvalue weighted by Crippen LogP contribution is -2.36. The van der Waals surface area contributed by atoms with Crippen molar-refractivity contribution in [3.05, 3.63) is 59.7 Å². The van der Waals surface area contributed by atoms with Gasteiger partial charge in [0.25, 0.3) is 0 Å². The van der Waals surface area contributed by atoms with E-state index in [1.165, 1.54) is 18.4 Å². The molecule has 3 aromatic carbocycles. The number of carboxylic acid groups (broad SMARTS) is 1. The minimum atomic E-state index is -0.788. The monoisotopic (exact) mass is 461 g/mol. The molecule has 1 aliphatic heterocycles. The highest BCUT2D eigenvalue weighted by Gasteiger charge is 2.26. The van der Waals surface area contributed by atoms with E-state index >= 15 is 0 Å². The van der Waals surface area contributed by atoms with Gasteiger partial charge in [0.15, 0.2) is 0 Å². The number of rotatable bonds is 8. The summed E-state index contributed by atoms with van der Waals surface area (Å²) in [5.74, 6) is 0.787. The van der Waals surface area contributed by atoms with Crippen molar-refractivity contribution in [2.45, 2.75) is 46.1 Å². The van der Waals surface area contributed by atoms with E-state index in [-0.39, 0.29) is 6.42 Å². The molecule has 1 N–H and O–H groups in total. The molecular weight excluding hydrogens is 426 g/mol. The van der Waals surface area contributed by atoms with Crippen LogP contribution in [-0.2, 0) is 17.8 Å². The first kappa shape index (κ1) is 24.1. The molecule has 0 aromatic heterocycles. The molecule has 1 fully saturated rings. The van der Waals surface area contributed by atoms with Gasteiger partial charge >= 0.3 is 5.97 Å². The number of nitrogens with zero attached hydrogens (tertiary/aromatic N) is 1. The van der Waals surface area contributed by atoms with Crippen LogP contribution in [0, 0.1) is 5.41 Å². The lowest BCUT2D eigenvalue weighted by Gasteiger charge is -2.37. The SMILES string of the molecule is COc1cc(CN2CCC(C)(C)CC2)cc(OC)c1-c1cccc2c(CCC(=O)O)cccc12. The van der Waals surface area contributed by atoms with Crippen LogP contribution in [0.15, 0.2) is 48.5 Å². The summed E-state index contributed by atoms with van der Waals surface area (Å²) in [4.78, 5) is 13.6. The minimum absolute atomic E-state index is 0.109. The standard InChI is InChI=1S/C29H35NO4/c1-29(2)13-15-30(16-14-29)19-20-17-25(33-3)28(26(18-20)34-4)24-10-6-8-22-21(11-12-27(31)32)7-5-9-23(22)24/h5-10,17-18H,11-16,19H2,1-4H3,(H,31,32). The van der Waals surface area contributed by atoms with E-state index in [4.69, 9.17) is 14.6 Å². The number of hydrogen-bond donors (Lipinski definition) is 1. The molecule has 0 spiro atoms. The second-order valence-corrected chi connectivity index (χ2v) is 10.0. The Morgan fingerprint density at radius 1 is 0.971 bits per heavy atom. The summed E-state index contributed by atoms with van der Waals surface area (Å²) in [7, 11) is 3.41. The van der Waals surface area contributed by atoms with Gasteiger partial charge in [-0.15, -0.1) is 0 Å². The van der Waals surface area contributed by atoms with Crippen LogP contribution < -0.4 is 9.47 Å². The third kappa shape index (κ3) is 5.20. The number of carboxylic acids is 1. The Morgan fingerprint density at radius 2 is 1.59 bits per heavy atom. The van der Waals surface area contributed by atoms with Gasteiger partial charge in [0.1, 0.15) is 11.5 Å². The molecule has 0 saturated carbocycles. The van der Waals surface area contributed by atoms with E-state index in [1.54, 1.807) is 14.2 Å². The second kappa shape index (κ2) is 10.1. The summed E-state index contributed by atoms with van der Waals surface area (Å²) in [5.41, 5.74) is 4.58. The van der Waals surface area contributed by atoms with Crippen LogP contribution in [0.3, 0.4) is 0 Å². The lowest BCUT2D eigenvalue weighted by atomic mass is 9.82. The van der Waals surface area contributed by atoms with Crippen molar-refractivity contribution in [3.8, 4) is 22.6 Å². The molecule has 5 nitrogen and oxygen atoms in total. The highest BCUT2D eigenvalue weighted by molar-refractivity contribution is 6.01. The maximum absolute atomic E-state index is 11.1. The molecule has 34 heavy (non-hydrogen) atoms. The zero-order valence-corrected chi connectivity index (χ0v) is 20.7. The van der Waals surface area contributed by atoms with E-state index < -0.39 is 5.97 Å². The molecule has 180 valence electrons. The van der Waals surface area contributed by atoms with Crippen molar-refractivity contribution in [1.29, 1.82) is 0 Å². The summed E-state index contributed by atoms with van der Waals surface area (Å²) in [5, 5.41) is 11.3. The van der Waals surface area contributed by atoms with Crippen molar-refractivity contribution in [1.82, 2.24) is 4.90 Å². The van der Waals surface area contributed by atoms with Gasteiger partial charge in [-0.2, -0.15) is 0 Å². The Kier molecular flexibility index (Phi) is 7.13. The first-order valence-electron chi connectivity index (χ1n) is 12.0. The number of aryl methyl sites for hydroxylation is 1. The average Bonchev–Trinajstić information content (AvgIpc) is 2.83. The van der Waals surface area contributed by atoms with Crippen LogP contribution in [0.25, 0.3) is 21.9 Å². The Bertz CT molecular complexity index is 1150. The van der Waals surface area contributed by atoms with Crippen molar-refractivity contribution >= 4 is 16.7 Å². The van der Waals surface area contributed by atoms with Crippen LogP contribution in [0.5, 0.6) is 11.5 Å². The van der Waals surface area contributed by atoms with Gasteiger partial charge in [-0.25, -0.2) is 0 Å². The van der Waals surface area contributed by atoms with E-state index in [0.717, 1.165) is 58.6 Å². The van der Waals surface area contributed by atoms with Gasteiger partial charge in [0, 0.05) is 13.0 Å². The quantitative estimate of drug-likeness (QED) is 0.435. The minimum Gasteiger partial charge on any atom is -0.496 e. The molecule has 0 atom stereocenters. The molecule has 5 heteroatoms. The number of carbonyl (C=O) groups is 1. The van der Waals surface area contributed by atoms with Gasteiger partial charge in [-0.1, -0.05) is 50.2 Å². The van der Waals surface area contributed by atoms with Crippen LogP contribution in [-0.4, -0.2) is 43.3 Å². The van der Waals surface area contributed by atoms with Crippen LogP contribution in [0.1, 0.15) is 44.2 Å². The van der Waals surface area contributed by atoms with E-state index in [9.17, 15) is 4.79 Å². The summed E-state index contributed by atoms with van der Waals surface area (Å²) in [6.07, 6.45) is 3.02. The molecule has 0 radical (unpaired) electrons. The van der Waals surface area contributed by atoms with Gasteiger partial charge in [-0.3, -0.25) is 9.69 Å². The van der Waals surface area contributed by atoms with Crippen LogP contribution >= 0.6 is 0 Å². The topological polar surface area (TPSA) is 59.0 Å². The van der Waals surface area contributed by atoms with Crippen LogP contribution in [0.2, 0.25) is 0 Å². The third-order valence-electron chi connectivity index (χ3n) is 7.07. The summed E-state index contributed by atoms with van der Waals surface area (Å²) in [6, 6.07) is 16.5.